The molecule has 0 fully saturated rings. The maximum atomic E-state index is 3.48. The minimum absolute atomic E-state index is 0.970. The van der Waals surface area contributed by atoms with Crippen LogP contribution in [0.5, 0.6) is 0 Å². The Hall–Kier alpha value is -1.96. The zero-order valence-corrected chi connectivity index (χ0v) is 13.0. The van der Waals surface area contributed by atoms with Gasteiger partial charge in [-0.3, -0.25) is 0 Å². The summed E-state index contributed by atoms with van der Waals surface area (Å²) in [6.07, 6.45) is 3.46. The molecule has 3 rings (SSSR count). The number of nitrogens with one attached hydrogen (secondary N) is 2. The standard InChI is InChI=1S/C19H24N2/c1-3-20-18-8-6-15(11-14(18)2)12-16-7-9-19-17(13-16)5-4-10-21-19/h6-9,11,13,20-21H,3-5,10,12H2,1-2H3. The van der Waals surface area contributed by atoms with Gasteiger partial charge in [-0.15, -0.1) is 0 Å². The molecule has 2 heteroatoms. The highest BCUT2D eigenvalue weighted by atomic mass is 14.9. The van der Waals surface area contributed by atoms with Crippen LogP contribution in [0.3, 0.4) is 0 Å². The van der Waals surface area contributed by atoms with Crippen molar-refractivity contribution in [3.05, 3.63) is 58.7 Å². The molecule has 2 aromatic carbocycles. The van der Waals surface area contributed by atoms with Crippen LogP contribution in [0.2, 0.25) is 0 Å². The van der Waals surface area contributed by atoms with Crippen LogP contribution < -0.4 is 10.6 Å². The van der Waals surface area contributed by atoms with Gasteiger partial charge in [-0.25, -0.2) is 0 Å². The Morgan fingerprint density at radius 2 is 1.90 bits per heavy atom. The Bertz CT molecular complexity index is 631. The molecule has 0 amide bonds. The lowest BCUT2D eigenvalue weighted by Gasteiger charge is -2.19. The normalized spacial score (nSPS) is 13.4. The second-order valence-electron chi connectivity index (χ2n) is 5.88. The Morgan fingerprint density at radius 1 is 1.10 bits per heavy atom. The van der Waals surface area contributed by atoms with Crippen LogP contribution in [0.1, 0.15) is 35.6 Å². The third kappa shape index (κ3) is 3.21. The highest BCUT2D eigenvalue weighted by Crippen LogP contribution is 2.25. The fraction of sp³-hybridized carbons (Fsp3) is 0.368. The molecular weight excluding hydrogens is 256 g/mol. The molecule has 0 saturated heterocycles. The Kier molecular flexibility index (Phi) is 4.14. The van der Waals surface area contributed by atoms with Crippen LogP contribution in [0.25, 0.3) is 0 Å². The number of rotatable bonds is 4. The van der Waals surface area contributed by atoms with E-state index in [4.69, 9.17) is 0 Å². The van der Waals surface area contributed by atoms with Gasteiger partial charge in [0.15, 0.2) is 0 Å². The average molecular weight is 280 g/mol. The van der Waals surface area contributed by atoms with E-state index in [0.717, 1.165) is 19.5 Å². The van der Waals surface area contributed by atoms with Gasteiger partial charge in [0.2, 0.25) is 0 Å². The third-order valence-corrected chi connectivity index (χ3v) is 4.17. The first-order valence-corrected chi connectivity index (χ1v) is 7.95. The van der Waals surface area contributed by atoms with Crippen LogP contribution in [-0.2, 0) is 12.8 Å². The van der Waals surface area contributed by atoms with Crippen molar-refractivity contribution in [2.45, 2.75) is 33.1 Å². The van der Waals surface area contributed by atoms with E-state index in [2.05, 4.69) is 60.9 Å². The van der Waals surface area contributed by atoms with Gasteiger partial charge in [-0.2, -0.15) is 0 Å². The van der Waals surface area contributed by atoms with Gasteiger partial charge >= 0.3 is 0 Å². The monoisotopic (exact) mass is 280 g/mol. The topological polar surface area (TPSA) is 24.1 Å². The smallest absolute Gasteiger partial charge is 0.0372 e. The van der Waals surface area contributed by atoms with E-state index < -0.39 is 0 Å². The zero-order chi connectivity index (χ0) is 14.7. The number of benzene rings is 2. The van der Waals surface area contributed by atoms with Crippen LogP contribution in [0.15, 0.2) is 36.4 Å². The highest BCUT2D eigenvalue weighted by Gasteiger charge is 2.09. The van der Waals surface area contributed by atoms with Gasteiger partial charge in [0.1, 0.15) is 0 Å². The largest absolute Gasteiger partial charge is 0.385 e. The van der Waals surface area contributed by atoms with Crippen molar-refractivity contribution >= 4 is 11.4 Å². The average Bonchev–Trinajstić information content (AvgIpc) is 2.50. The van der Waals surface area contributed by atoms with Gasteiger partial charge in [-0.1, -0.05) is 24.3 Å². The molecule has 0 radical (unpaired) electrons. The first-order valence-electron chi connectivity index (χ1n) is 7.95. The van der Waals surface area contributed by atoms with E-state index in [1.165, 1.54) is 46.5 Å². The van der Waals surface area contributed by atoms with Crippen LogP contribution in [0.4, 0.5) is 11.4 Å². The molecule has 1 heterocycles. The predicted octanol–water partition coefficient (Wildman–Crippen LogP) is 4.38. The van der Waals surface area contributed by atoms with Crippen LogP contribution >= 0.6 is 0 Å². The molecule has 2 nitrogen and oxygen atoms in total. The summed E-state index contributed by atoms with van der Waals surface area (Å²) in [5, 5.41) is 6.88. The maximum Gasteiger partial charge on any atom is 0.0372 e. The molecular formula is C19H24N2. The Morgan fingerprint density at radius 3 is 2.71 bits per heavy atom. The minimum Gasteiger partial charge on any atom is -0.385 e. The first kappa shape index (κ1) is 14.0. The van der Waals surface area contributed by atoms with Crippen molar-refractivity contribution in [1.29, 1.82) is 0 Å². The third-order valence-electron chi connectivity index (χ3n) is 4.17. The van der Waals surface area contributed by atoms with Crippen LogP contribution in [-0.4, -0.2) is 13.1 Å². The highest BCUT2D eigenvalue weighted by molar-refractivity contribution is 5.56. The summed E-state index contributed by atoms with van der Waals surface area (Å²) >= 11 is 0. The van der Waals surface area contributed by atoms with Gasteiger partial charge in [0.25, 0.3) is 0 Å². The number of hydrogen-bond donors (Lipinski definition) is 2. The molecule has 1 aliphatic heterocycles. The van der Waals surface area contributed by atoms with E-state index in [1.54, 1.807) is 0 Å². The van der Waals surface area contributed by atoms with E-state index in [0.29, 0.717) is 0 Å². The number of anilines is 2. The fourth-order valence-electron chi connectivity index (χ4n) is 3.10. The molecule has 2 aromatic rings. The van der Waals surface area contributed by atoms with Crippen molar-refractivity contribution in [2.75, 3.05) is 23.7 Å². The SMILES string of the molecule is CCNc1ccc(Cc2ccc3c(c2)CCCN3)cc1C. The second-order valence-corrected chi connectivity index (χ2v) is 5.88. The zero-order valence-electron chi connectivity index (χ0n) is 13.0. The number of aryl methyl sites for hydroxylation is 2. The van der Waals surface area contributed by atoms with Crippen LogP contribution in [0, 0.1) is 6.92 Å². The number of fused-ring (bicyclic) bond motifs is 1. The molecule has 0 bridgehead atoms. The maximum absolute atomic E-state index is 3.48. The Labute approximate surface area is 127 Å². The summed E-state index contributed by atoms with van der Waals surface area (Å²) in [5.41, 5.74) is 8.17. The Balaban J connectivity index is 1.78. The van der Waals surface area contributed by atoms with Gasteiger partial charge in [-0.05, 0) is 67.5 Å². The number of hydrogen-bond acceptors (Lipinski definition) is 2. The van der Waals surface area contributed by atoms with Crippen molar-refractivity contribution in [1.82, 2.24) is 0 Å². The van der Waals surface area contributed by atoms with Crippen molar-refractivity contribution in [3.8, 4) is 0 Å². The first-order chi connectivity index (χ1) is 10.3. The molecule has 1 aliphatic rings. The summed E-state index contributed by atoms with van der Waals surface area (Å²) in [6, 6.07) is 13.6. The molecule has 21 heavy (non-hydrogen) atoms. The lowest BCUT2D eigenvalue weighted by molar-refractivity contribution is 0.828. The van der Waals surface area contributed by atoms with E-state index in [9.17, 15) is 0 Å². The van der Waals surface area contributed by atoms with Crippen molar-refractivity contribution < 1.29 is 0 Å². The van der Waals surface area contributed by atoms with E-state index in [-0.39, 0.29) is 0 Å². The van der Waals surface area contributed by atoms with Crippen molar-refractivity contribution in [3.63, 3.8) is 0 Å². The summed E-state index contributed by atoms with van der Waals surface area (Å²) in [6.45, 7) is 6.39. The summed E-state index contributed by atoms with van der Waals surface area (Å²) < 4.78 is 0. The van der Waals surface area contributed by atoms with Gasteiger partial charge < -0.3 is 10.6 Å². The van der Waals surface area contributed by atoms with Crippen molar-refractivity contribution in [2.24, 2.45) is 0 Å². The predicted molar refractivity (Wildman–Crippen MR) is 91.4 cm³/mol. The molecule has 0 spiro atoms. The molecule has 0 unspecified atom stereocenters. The quantitative estimate of drug-likeness (QED) is 0.868. The lowest BCUT2D eigenvalue weighted by Crippen LogP contribution is -2.11. The molecule has 0 aromatic heterocycles. The summed E-state index contributed by atoms with van der Waals surface area (Å²) in [4.78, 5) is 0. The fourth-order valence-corrected chi connectivity index (χ4v) is 3.10. The lowest BCUT2D eigenvalue weighted by atomic mass is 9.96. The molecule has 0 saturated carbocycles. The van der Waals surface area contributed by atoms with Gasteiger partial charge in [0, 0.05) is 24.5 Å². The molecule has 110 valence electrons. The summed E-state index contributed by atoms with van der Waals surface area (Å²) in [5.74, 6) is 0. The molecule has 0 aliphatic carbocycles. The molecule has 2 N–H and O–H groups in total. The second kappa shape index (κ2) is 6.21. The van der Waals surface area contributed by atoms with Gasteiger partial charge in [0.05, 0.1) is 0 Å². The van der Waals surface area contributed by atoms with E-state index in [1.807, 2.05) is 0 Å². The summed E-state index contributed by atoms with van der Waals surface area (Å²) in [7, 11) is 0. The molecule has 0 atom stereocenters. The minimum atomic E-state index is 0.970. The van der Waals surface area contributed by atoms with E-state index >= 15 is 0 Å².